The van der Waals surface area contributed by atoms with Crippen LogP contribution in [-0.2, 0) is 0 Å². The van der Waals surface area contributed by atoms with E-state index in [4.69, 9.17) is 5.10 Å². The summed E-state index contributed by atoms with van der Waals surface area (Å²) in [7, 11) is 0. The van der Waals surface area contributed by atoms with Gasteiger partial charge in [0.25, 0.3) is 0 Å². The number of aldehydes is 1. The van der Waals surface area contributed by atoms with Gasteiger partial charge in [0, 0.05) is 15.3 Å². The van der Waals surface area contributed by atoms with Crippen LogP contribution in [0.5, 0.6) is 0 Å². The van der Waals surface area contributed by atoms with Crippen LogP contribution >= 0.6 is 22.6 Å². The predicted molar refractivity (Wildman–Crippen MR) is 92.5 cm³/mol. The Bertz CT molecular complexity index is 610. The van der Waals surface area contributed by atoms with Crippen LogP contribution in [0, 0.1) is 3.57 Å². The van der Waals surface area contributed by atoms with E-state index >= 15 is 0 Å². The highest BCUT2D eigenvalue weighted by molar-refractivity contribution is 14.1. The third-order valence-corrected chi connectivity index (χ3v) is 4.92. The number of rotatable bonds is 3. The highest BCUT2D eigenvalue weighted by Crippen LogP contribution is 2.29. The molecule has 1 fully saturated rings. The Hall–Kier alpha value is -1.17. The van der Waals surface area contributed by atoms with Gasteiger partial charge in [0.2, 0.25) is 0 Å². The first-order valence-electron chi connectivity index (χ1n) is 7.58. The highest BCUT2D eigenvalue weighted by Gasteiger charge is 2.18. The first-order valence-corrected chi connectivity index (χ1v) is 8.66. The standard InChI is InChI=1S/C17H19IN2O/c18-15-9-7-13(8-10-15)17-14(12-21)11-20(19-17)16-5-3-1-2-4-6-16/h7-12,16H,1-6H2. The van der Waals surface area contributed by atoms with Crippen LogP contribution in [0.1, 0.15) is 54.9 Å². The number of benzene rings is 1. The summed E-state index contributed by atoms with van der Waals surface area (Å²) in [6, 6.07) is 8.62. The second-order valence-corrected chi connectivity index (χ2v) is 6.93. The van der Waals surface area contributed by atoms with Crippen LogP contribution in [0.2, 0.25) is 0 Å². The van der Waals surface area contributed by atoms with Crippen molar-refractivity contribution in [2.45, 2.75) is 44.6 Å². The van der Waals surface area contributed by atoms with Crippen LogP contribution in [-0.4, -0.2) is 16.1 Å². The molecule has 0 amide bonds. The van der Waals surface area contributed by atoms with Crippen molar-refractivity contribution in [3.63, 3.8) is 0 Å². The molecule has 2 aromatic rings. The van der Waals surface area contributed by atoms with E-state index in [-0.39, 0.29) is 0 Å². The number of nitrogens with zero attached hydrogens (tertiary/aromatic N) is 2. The molecule has 1 aliphatic carbocycles. The van der Waals surface area contributed by atoms with Crippen LogP contribution in [0.4, 0.5) is 0 Å². The average molecular weight is 394 g/mol. The minimum absolute atomic E-state index is 0.448. The smallest absolute Gasteiger partial charge is 0.153 e. The van der Waals surface area contributed by atoms with Crippen molar-refractivity contribution >= 4 is 28.9 Å². The summed E-state index contributed by atoms with van der Waals surface area (Å²) in [5, 5.41) is 4.73. The topological polar surface area (TPSA) is 34.9 Å². The molecule has 1 aromatic heterocycles. The zero-order valence-electron chi connectivity index (χ0n) is 12.0. The summed E-state index contributed by atoms with van der Waals surface area (Å²) in [6.07, 6.45) is 10.4. The first kappa shape index (κ1) is 14.8. The van der Waals surface area contributed by atoms with E-state index < -0.39 is 0 Å². The van der Waals surface area contributed by atoms with Gasteiger partial charge in [-0.25, -0.2) is 0 Å². The van der Waals surface area contributed by atoms with E-state index in [1.54, 1.807) is 0 Å². The fraction of sp³-hybridized carbons (Fsp3) is 0.412. The first-order chi connectivity index (χ1) is 10.3. The second kappa shape index (κ2) is 6.73. The van der Waals surface area contributed by atoms with Crippen LogP contribution in [0.25, 0.3) is 11.3 Å². The molecule has 110 valence electrons. The van der Waals surface area contributed by atoms with Crippen molar-refractivity contribution in [3.8, 4) is 11.3 Å². The maximum atomic E-state index is 11.4. The molecule has 0 spiro atoms. The van der Waals surface area contributed by atoms with Crippen LogP contribution in [0.15, 0.2) is 30.5 Å². The molecule has 0 N–H and O–H groups in total. The van der Waals surface area contributed by atoms with Crippen molar-refractivity contribution in [2.75, 3.05) is 0 Å². The number of hydrogen-bond donors (Lipinski definition) is 0. The van der Waals surface area contributed by atoms with Gasteiger partial charge in [0.1, 0.15) is 5.69 Å². The van der Waals surface area contributed by atoms with Gasteiger partial charge in [0.15, 0.2) is 6.29 Å². The summed E-state index contributed by atoms with van der Waals surface area (Å²) in [5.41, 5.74) is 2.52. The molecule has 0 bridgehead atoms. The lowest BCUT2D eigenvalue weighted by molar-refractivity contribution is 0.112. The molecule has 3 rings (SSSR count). The summed E-state index contributed by atoms with van der Waals surface area (Å²) < 4.78 is 3.22. The molecule has 0 atom stereocenters. The molecule has 0 unspecified atom stereocenters. The van der Waals surface area contributed by atoms with Gasteiger partial charge >= 0.3 is 0 Å². The Balaban J connectivity index is 1.93. The van der Waals surface area contributed by atoms with Gasteiger partial charge in [-0.1, -0.05) is 37.8 Å². The summed E-state index contributed by atoms with van der Waals surface area (Å²) in [6.45, 7) is 0. The second-order valence-electron chi connectivity index (χ2n) is 5.68. The summed E-state index contributed by atoms with van der Waals surface area (Å²) >= 11 is 2.28. The zero-order chi connectivity index (χ0) is 14.7. The van der Waals surface area contributed by atoms with Crippen molar-refractivity contribution < 1.29 is 4.79 Å². The molecular formula is C17H19IN2O. The normalized spacial score (nSPS) is 16.6. The van der Waals surface area contributed by atoms with Gasteiger partial charge in [-0.3, -0.25) is 9.48 Å². The number of carbonyl (C=O) groups excluding carboxylic acids is 1. The van der Waals surface area contributed by atoms with E-state index in [1.165, 1.54) is 42.1 Å². The van der Waals surface area contributed by atoms with Gasteiger partial charge in [0.05, 0.1) is 11.6 Å². The molecule has 1 aromatic carbocycles. The molecule has 0 saturated heterocycles. The maximum absolute atomic E-state index is 11.4. The third-order valence-electron chi connectivity index (χ3n) is 4.20. The molecule has 1 heterocycles. The number of carbonyl (C=O) groups is 1. The van der Waals surface area contributed by atoms with Crippen LogP contribution in [0.3, 0.4) is 0 Å². The third kappa shape index (κ3) is 3.36. The van der Waals surface area contributed by atoms with E-state index in [1.807, 2.05) is 23.0 Å². The number of hydrogen-bond acceptors (Lipinski definition) is 2. The van der Waals surface area contributed by atoms with E-state index in [9.17, 15) is 4.79 Å². The number of aromatic nitrogens is 2. The Morgan fingerprint density at radius 2 is 1.76 bits per heavy atom. The lowest BCUT2D eigenvalue weighted by atomic mass is 10.1. The molecule has 21 heavy (non-hydrogen) atoms. The molecule has 4 heteroatoms. The SMILES string of the molecule is O=Cc1cn(C2CCCCCC2)nc1-c1ccc(I)cc1. The van der Waals surface area contributed by atoms with Crippen LogP contribution < -0.4 is 0 Å². The minimum atomic E-state index is 0.448. The minimum Gasteiger partial charge on any atom is -0.298 e. The molecule has 0 radical (unpaired) electrons. The van der Waals surface area contributed by atoms with Gasteiger partial charge in [-0.05, 0) is 47.6 Å². The largest absolute Gasteiger partial charge is 0.298 e. The summed E-state index contributed by atoms with van der Waals surface area (Å²) in [5.74, 6) is 0. The molecule has 3 nitrogen and oxygen atoms in total. The lowest BCUT2D eigenvalue weighted by Gasteiger charge is -2.14. The van der Waals surface area contributed by atoms with E-state index in [0.717, 1.165) is 17.5 Å². The fourth-order valence-electron chi connectivity index (χ4n) is 3.03. The maximum Gasteiger partial charge on any atom is 0.153 e. The quantitative estimate of drug-likeness (QED) is 0.423. The fourth-order valence-corrected chi connectivity index (χ4v) is 3.39. The molecular weight excluding hydrogens is 375 g/mol. The Labute approximate surface area is 138 Å². The van der Waals surface area contributed by atoms with Crippen molar-refractivity contribution in [2.24, 2.45) is 0 Å². The Morgan fingerprint density at radius 1 is 1.10 bits per heavy atom. The van der Waals surface area contributed by atoms with E-state index in [0.29, 0.717) is 11.6 Å². The van der Waals surface area contributed by atoms with Gasteiger partial charge in [-0.2, -0.15) is 5.10 Å². The van der Waals surface area contributed by atoms with Gasteiger partial charge < -0.3 is 0 Å². The van der Waals surface area contributed by atoms with Crippen molar-refractivity contribution in [1.82, 2.24) is 9.78 Å². The Morgan fingerprint density at radius 3 is 2.38 bits per heavy atom. The van der Waals surface area contributed by atoms with Gasteiger partial charge in [-0.15, -0.1) is 0 Å². The molecule has 0 aliphatic heterocycles. The lowest BCUT2D eigenvalue weighted by Crippen LogP contribution is -2.08. The molecule has 1 saturated carbocycles. The highest BCUT2D eigenvalue weighted by atomic mass is 127. The predicted octanol–water partition coefficient (Wildman–Crippen LogP) is 4.86. The van der Waals surface area contributed by atoms with Crippen molar-refractivity contribution in [3.05, 3.63) is 39.6 Å². The molecule has 1 aliphatic rings. The van der Waals surface area contributed by atoms with E-state index in [2.05, 4.69) is 34.7 Å². The summed E-state index contributed by atoms with van der Waals surface area (Å²) in [4.78, 5) is 11.4. The number of halogens is 1. The zero-order valence-corrected chi connectivity index (χ0v) is 14.1. The Kier molecular flexibility index (Phi) is 4.73. The monoisotopic (exact) mass is 394 g/mol. The van der Waals surface area contributed by atoms with Crippen molar-refractivity contribution in [1.29, 1.82) is 0 Å². The average Bonchev–Trinajstić information content (AvgIpc) is 2.75.